The standard InChI is InChI=1S/C13H16O2/c1-9-7-12(10(2)14)8-11-5-3-4-6-15-13(9)11/h7-8H,3-6H2,1-2H3. The molecule has 0 amide bonds. The van der Waals surface area contributed by atoms with Crippen molar-refractivity contribution in [3.8, 4) is 5.75 Å². The predicted octanol–water partition coefficient (Wildman–Crippen LogP) is 2.91. The highest BCUT2D eigenvalue weighted by molar-refractivity contribution is 5.94. The van der Waals surface area contributed by atoms with Crippen LogP contribution in [0.15, 0.2) is 12.1 Å². The molecule has 1 aliphatic heterocycles. The van der Waals surface area contributed by atoms with E-state index in [0.29, 0.717) is 0 Å². The van der Waals surface area contributed by atoms with Crippen LogP contribution < -0.4 is 4.74 Å². The van der Waals surface area contributed by atoms with E-state index in [1.165, 1.54) is 5.56 Å². The highest BCUT2D eigenvalue weighted by atomic mass is 16.5. The van der Waals surface area contributed by atoms with Gasteiger partial charge in [-0.2, -0.15) is 0 Å². The fourth-order valence-electron chi connectivity index (χ4n) is 2.03. The fourth-order valence-corrected chi connectivity index (χ4v) is 2.03. The zero-order valence-corrected chi connectivity index (χ0v) is 9.30. The molecule has 2 nitrogen and oxygen atoms in total. The molecule has 0 aromatic heterocycles. The van der Waals surface area contributed by atoms with Crippen molar-refractivity contribution in [1.82, 2.24) is 0 Å². The topological polar surface area (TPSA) is 26.3 Å². The molecular formula is C13H16O2. The lowest BCUT2D eigenvalue weighted by molar-refractivity contribution is 0.101. The second-order valence-corrected chi connectivity index (χ2v) is 4.14. The molecular weight excluding hydrogens is 188 g/mol. The molecule has 0 unspecified atom stereocenters. The Morgan fingerprint density at radius 1 is 1.33 bits per heavy atom. The van der Waals surface area contributed by atoms with Crippen molar-refractivity contribution in [2.45, 2.75) is 33.1 Å². The van der Waals surface area contributed by atoms with Gasteiger partial charge in [-0.15, -0.1) is 0 Å². The minimum Gasteiger partial charge on any atom is -0.493 e. The minimum atomic E-state index is 0.130. The molecule has 0 fully saturated rings. The summed E-state index contributed by atoms with van der Waals surface area (Å²) >= 11 is 0. The van der Waals surface area contributed by atoms with Crippen LogP contribution in [0.1, 0.15) is 41.3 Å². The van der Waals surface area contributed by atoms with E-state index in [1.807, 2.05) is 19.1 Å². The van der Waals surface area contributed by atoms with E-state index >= 15 is 0 Å². The number of hydrogen-bond donors (Lipinski definition) is 0. The van der Waals surface area contributed by atoms with Crippen molar-refractivity contribution < 1.29 is 9.53 Å². The fraction of sp³-hybridized carbons (Fsp3) is 0.462. The highest BCUT2D eigenvalue weighted by Gasteiger charge is 2.14. The third-order valence-corrected chi connectivity index (χ3v) is 2.84. The van der Waals surface area contributed by atoms with Gasteiger partial charge in [0.15, 0.2) is 5.78 Å². The van der Waals surface area contributed by atoms with Crippen LogP contribution in [-0.4, -0.2) is 12.4 Å². The molecule has 1 aliphatic rings. The van der Waals surface area contributed by atoms with E-state index < -0.39 is 0 Å². The van der Waals surface area contributed by atoms with Crippen molar-refractivity contribution in [3.63, 3.8) is 0 Å². The van der Waals surface area contributed by atoms with Gasteiger partial charge in [0.2, 0.25) is 0 Å². The summed E-state index contributed by atoms with van der Waals surface area (Å²) in [6.45, 7) is 4.42. The van der Waals surface area contributed by atoms with Crippen LogP contribution in [0.25, 0.3) is 0 Å². The summed E-state index contributed by atoms with van der Waals surface area (Å²) < 4.78 is 5.70. The van der Waals surface area contributed by atoms with Crippen LogP contribution in [0.4, 0.5) is 0 Å². The van der Waals surface area contributed by atoms with Crippen molar-refractivity contribution in [3.05, 3.63) is 28.8 Å². The van der Waals surface area contributed by atoms with Crippen LogP contribution in [-0.2, 0) is 6.42 Å². The molecule has 0 spiro atoms. The van der Waals surface area contributed by atoms with Gasteiger partial charge in [-0.25, -0.2) is 0 Å². The van der Waals surface area contributed by atoms with Crippen LogP contribution >= 0.6 is 0 Å². The second-order valence-electron chi connectivity index (χ2n) is 4.14. The first-order chi connectivity index (χ1) is 7.18. The van der Waals surface area contributed by atoms with Gasteiger partial charge in [-0.05, 0) is 56.4 Å². The van der Waals surface area contributed by atoms with E-state index in [9.17, 15) is 4.79 Å². The van der Waals surface area contributed by atoms with Crippen molar-refractivity contribution in [2.24, 2.45) is 0 Å². The van der Waals surface area contributed by atoms with Gasteiger partial charge in [-0.3, -0.25) is 4.79 Å². The molecule has 1 aromatic carbocycles. The Bertz CT molecular complexity index is 394. The summed E-state index contributed by atoms with van der Waals surface area (Å²) in [4.78, 5) is 11.3. The van der Waals surface area contributed by atoms with E-state index in [-0.39, 0.29) is 5.78 Å². The molecule has 2 heteroatoms. The van der Waals surface area contributed by atoms with E-state index in [0.717, 1.165) is 42.7 Å². The zero-order valence-electron chi connectivity index (χ0n) is 9.30. The number of rotatable bonds is 1. The number of aryl methyl sites for hydroxylation is 2. The maximum atomic E-state index is 11.3. The summed E-state index contributed by atoms with van der Waals surface area (Å²) in [5.74, 6) is 1.13. The van der Waals surface area contributed by atoms with Crippen molar-refractivity contribution >= 4 is 5.78 Å². The summed E-state index contributed by atoms with van der Waals surface area (Å²) in [6, 6.07) is 3.91. The van der Waals surface area contributed by atoms with Crippen molar-refractivity contribution in [2.75, 3.05) is 6.61 Å². The van der Waals surface area contributed by atoms with E-state index in [1.54, 1.807) is 6.92 Å². The molecule has 15 heavy (non-hydrogen) atoms. The molecule has 0 saturated carbocycles. The van der Waals surface area contributed by atoms with Crippen LogP contribution in [0.3, 0.4) is 0 Å². The molecule has 0 radical (unpaired) electrons. The third kappa shape index (κ3) is 2.04. The number of carbonyl (C=O) groups is 1. The number of hydrogen-bond acceptors (Lipinski definition) is 2. The summed E-state index contributed by atoms with van der Waals surface area (Å²) in [7, 11) is 0. The van der Waals surface area contributed by atoms with Gasteiger partial charge >= 0.3 is 0 Å². The summed E-state index contributed by atoms with van der Waals surface area (Å²) in [5, 5.41) is 0. The average molecular weight is 204 g/mol. The maximum absolute atomic E-state index is 11.3. The van der Waals surface area contributed by atoms with E-state index in [2.05, 4.69) is 0 Å². The lowest BCUT2D eigenvalue weighted by Gasteiger charge is -2.11. The number of fused-ring (bicyclic) bond motifs is 1. The molecule has 1 heterocycles. The first-order valence-corrected chi connectivity index (χ1v) is 5.46. The van der Waals surface area contributed by atoms with Gasteiger partial charge in [0.25, 0.3) is 0 Å². The maximum Gasteiger partial charge on any atom is 0.159 e. The Morgan fingerprint density at radius 2 is 2.13 bits per heavy atom. The van der Waals surface area contributed by atoms with E-state index in [4.69, 9.17) is 4.74 Å². The van der Waals surface area contributed by atoms with Crippen LogP contribution in [0.5, 0.6) is 5.75 Å². The zero-order chi connectivity index (χ0) is 10.8. The van der Waals surface area contributed by atoms with Crippen LogP contribution in [0, 0.1) is 6.92 Å². The first kappa shape index (κ1) is 10.2. The Labute approximate surface area is 90.3 Å². The van der Waals surface area contributed by atoms with Gasteiger partial charge in [0, 0.05) is 5.56 Å². The van der Waals surface area contributed by atoms with Crippen LogP contribution in [0.2, 0.25) is 0 Å². The largest absolute Gasteiger partial charge is 0.493 e. The Balaban J connectivity index is 2.48. The third-order valence-electron chi connectivity index (χ3n) is 2.84. The second kappa shape index (κ2) is 4.05. The first-order valence-electron chi connectivity index (χ1n) is 5.46. The molecule has 0 atom stereocenters. The number of Topliss-reactive ketones (excluding diaryl/α,β-unsaturated/α-hetero) is 1. The molecule has 0 N–H and O–H groups in total. The molecule has 2 rings (SSSR count). The summed E-state index contributed by atoms with van der Waals surface area (Å²) in [5.41, 5.74) is 3.08. The Morgan fingerprint density at radius 3 is 2.87 bits per heavy atom. The quantitative estimate of drug-likeness (QED) is 0.657. The number of ketones is 1. The molecule has 0 aliphatic carbocycles. The SMILES string of the molecule is CC(=O)c1cc(C)c2c(c1)CCCCO2. The monoisotopic (exact) mass is 204 g/mol. The average Bonchev–Trinajstić information content (AvgIpc) is 2.42. The highest BCUT2D eigenvalue weighted by Crippen LogP contribution is 2.29. The molecule has 1 aromatic rings. The lowest BCUT2D eigenvalue weighted by atomic mass is 10.00. The predicted molar refractivity (Wildman–Crippen MR) is 59.6 cm³/mol. The molecule has 80 valence electrons. The van der Waals surface area contributed by atoms with Gasteiger partial charge in [0.1, 0.15) is 5.75 Å². The Hall–Kier alpha value is -1.31. The molecule has 0 saturated heterocycles. The Kier molecular flexibility index (Phi) is 2.76. The van der Waals surface area contributed by atoms with Gasteiger partial charge in [-0.1, -0.05) is 0 Å². The van der Waals surface area contributed by atoms with Crippen molar-refractivity contribution in [1.29, 1.82) is 0 Å². The lowest BCUT2D eigenvalue weighted by Crippen LogP contribution is -2.00. The summed E-state index contributed by atoms with van der Waals surface area (Å²) in [6.07, 6.45) is 3.27. The minimum absolute atomic E-state index is 0.130. The smallest absolute Gasteiger partial charge is 0.159 e. The van der Waals surface area contributed by atoms with Gasteiger partial charge in [0.05, 0.1) is 6.61 Å². The number of benzene rings is 1. The molecule has 0 bridgehead atoms. The number of ether oxygens (including phenoxy) is 1. The normalized spacial score (nSPS) is 15.1. The number of carbonyl (C=O) groups excluding carboxylic acids is 1. The van der Waals surface area contributed by atoms with Gasteiger partial charge < -0.3 is 4.74 Å².